The maximum atomic E-state index is 12.6. The molecule has 0 aliphatic heterocycles. The molecule has 2 N–H and O–H groups in total. The summed E-state index contributed by atoms with van der Waals surface area (Å²) in [4.78, 5) is 24.4. The number of ether oxygens (including phenoxy) is 2. The molecule has 0 bridgehead atoms. The van der Waals surface area contributed by atoms with Gasteiger partial charge in [0.25, 0.3) is 5.91 Å². The van der Waals surface area contributed by atoms with Gasteiger partial charge in [-0.1, -0.05) is 37.6 Å². The predicted octanol–water partition coefficient (Wildman–Crippen LogP) is 2.83. The number of anilines is 1. The summed E-state index contributed by atoms with van der Waals surface area (Å²) in [6.07, 6.45) is 0. The van der Waals surface area contributed by atoms with Crippen molar-refractivity contribution in [2.24, 2.45) is 5.92 Å². The number of nitrogens with one attached hydrogen (secondary N) is 2. The average molecular weight is 455 g/mol. The Morgan fingerprint density at radius 2 is 1.70 bits per heavy atom. The van der Waals surface area contributed by atoms with Gasteiger partial charge in [-0.15, -0.1) is 0 Å². The van der Waals surface area contributed by atoms with E-state index in [1.54, 1.807) is 38.1 Å². The Hall–Kier alpha value is -2.62. The molecule has 2 rings (SSSR count). The zero-order valence-electron chi connectivity index (χ0n) is 16.7. The predicted molar refractivity (Wildman–Crippen MR) is 113 cm³/mol. The minimum Gasteiger partial charge on any atom is -0.497 e. The molecule has 0 aliphatic rings. The third kappa shape index (κ3) is 6.45. The number of methoxy groups -OCH3 is 1. The fourth-order valence-corrected chi connectivity index (χ4v) is 3.94. The van der Waals surface area contributed by atoms with Crippen LogP contribution >= 0.6 is 11.6 Å². The summed E-state index contributed by atoms with van der Waals surface area (Å²) in [5.74, 6) is -1.39. The Kier molecular flexibility index (Phi) is 8.22. The molecule has 1 atom stereocenters. The lowest BCUT2D eigenvalue weighted by Gasteiger charge is -2.21. The molecule has 0 fully saturated rings. The third-order valence-corrected chi connectivity index (χ3v) is 5.85. The fraction of sp³-hybridized carbons (Fsp3) is 0.300. The van der Waals surface area contributed by atoms with Gasteiger partial charge in [0.15, 0.2) is 6.61 Å². The van der Waals surface area contributed by atoms with E-state index in [0.29, 0.717) is 16.5 Å². The number of carbonyl (C=O) groups excluding carboxylic acids is 2. The maximum absolute atomic E-state index is 12.6. The highest BCUT2D eigenvalue weighted by molar-refractivity contribution is 7.89. The van der Waals surface area contributed by atoms with Crippen molar-refractivity contribution in [1.82, 2.24) is 4.72 Å². The molecule has 162 valence electrons. The standard InChI is InChI=1S/C20H23ClN2O6S/c1-13(2)19(23-30(26,27)15-10-8-14(28-3)9-11-15)20(25)29-12-18(24)22-17-7-5-4-6-16(17)21/h4-11,13,19,23H,12H2,1-3H3,(H,22,24)/t19-/m0/s1. The Balaban J connectivity index is 2.01. The largest absolute Gasteiger partial charge is 0.497 e. The molecule has 0 aromatic heterocycles. The summed E-state index contributed by atoms with van der Waals surface area (Å²) >= 11 is 5.97. The second kappa shape index (κ2) is 10.4. The van der Waals surface area contributed by atoms with Crippen LogP contribution in [0.25, 0.3) is 0 Å². The van der Waals surface area contributed by atoms with Crippen molar-refractivity contribution in [1.29, 1.82) is 0 Å². The molecule has 2 aromatic carbocycles. The summed E-state index contributed by atoms with van der Waals surface area (Å²) in [6.45, 7) is 2.73. The molecule has 10 heteroatoms. The van der Waals surface area contributed by atoms with Crippen molar-refractivity contribution >= 4 is 39.2 Å². The second-order valence-electron chi connectivity index (χ2n) is 6.65. The van der Waals surface area contributed by atoms with Crippen molar-refractivity contribution in [3.05, 3.63) is 53.6 Å². The monoisotopic (exact) mass is 454 g/mol. The van der Waals surface area contributed by atoms with Gasteiger partial charge in [0.2, 0.25) is 10.0 Å². The number of sulfonamides is 1. The van der Waals surface area contributed by atoms with E-state index < -0.39 is 40.5 Å². The van der Waals surface area contributed by atoms with Gasteiger partial charge in [-0.2, -0.15) is 4.72 Å². The number of hydrogen-bond donors (Lipinski definition) is 2. The smallest absolute Gasteiger partial charge is 0.324 e. The van der Waals surface area contributed by atoms with Gasteiger partial charge in [-0.25, -0.2) is 8.42 Å². The third-order valence-electron chi connectivity index (χ3n) is 4.07. The van der Waals surface area contributed by atoms with Crippen LogP contribution in [0.4, 0.5) is 5.69 Å². The molecule has 8 nitrogen and oxygen atoms in total. The van der Waals surface area contributed by atoms with E-state index >= 15 is 0 Å². The van der Waals surface area contributed by atoms with Crippen LogP contribution in [-0.2, 0) is 24.3 Å². The zero-order valence-corrected chi connectivity index (χ0v) is 18.3. The molecule has 2 aromatic rings. The Bertz CT molecular complexity index is 993. The first-order chi connectivity index (χ1) is 14.1. The minimum atomic E-state index is -3.99. The van der Waals surface area contributed by atoms with E-state index in [1.807, 2.05) is 0 Å². The van der Waals surface area contributed by atoms with Gasteiger partial charge in [-0.05, 0) is 42.3 Å². The topological polar surface area (TPSA) is 111 Å². The van der Waals surface area contributed by atoms with Crippen LogP contribution in [0, 0.1) is 5.92 Å². The van der Waals surface area contributed by atoms with Crippen LogP contribution in [0.15, 0.2) is 53.4 Å². The van der Waals surface area contributed by atoms with Crippen LogP contribution in [-0.4, -0.2) is 40.1 Å². The molecule has 0 unspecified atom stereocenters. The number of rotatable bonds is 9. The number of benzene rings is 2. The van der Waals surface area contributed by atoms with Crippen LogP contribution in [0.1, 0.15) is 13.8 Å². The molecular formula is C20H23ClN2O6S. The fourth-order valence-electron chi connectivity index (χ4n) is 2.42. The van der Waals surface area contributed by atoms with Crippen LogP contribution in [0.3, 0.4) is 0 Å². The Morgan fingerprint density at radius 3 is 2.27 bits per heavy atom. The quantitative estimate of drug-likeness (QED) is 0.563. The Morgan fingerprint density at radius 1 is 1.07 bits per heavy atom. The maximum Gasteiger partial charge on any atom is 0.324 e. The van der Waals surface area contributed by atoms with E-state index in [1.165, 1.54) is 31.4 Å². The summed E-state index contributed by atoms with van der Waals surface area (Å²) < 4.78 is 37.6. The van der Waals surface area contributed by atoms with Crippen molar-refractivity contribution in [3.8, 4) is 5.75 Å². The van der Waals surface area contributed by atoms with Gasteiger partial charge in [-0.3, -0.25) is 9.59 Å². The minimum absolute atomic E-state index is 0.0294. The van der Waals surface area contributed by atoms with Crippen molar-refractivity contribution in [3.63, 3.8) is 0 Å². The summed E-state index contributed by atoms with van der Waals surface area (Å²) in [5.41, 5.74) is 0.376. The van der Waals surface area contributed by atoms with E-state index in [4.69, 9.17) is 21.1 Å². The van der Waals surface area contributed by atoms with Gasteiger partial charge in [0.1, 0.15) is 11.8 Å². The molecule has 0 heterocycles. The van der Waals surface area contributed by atoms with Gasteiger partial charge in [0, 0.05) is 0 Å². The molecule has 0 saturated heterocycles. The van der Waals surface area contributed by atoms with Crippen molar-refractivity contribution in [2.45, 2.75) is 24.8 Å². The highest BCUT2D eigenvalue weighted by Gasteiger charge is 2.30. The van der Waals surface area contributed by atoms with Crippen LogP contribution in [0.5, 0.6) is 5.75 Å². The van der Waals surface area contributed by atoms with E-state index in [2.05, 4.69) is 10.0 Å². The lowest BCUT2D eigenvalue weighted by Crippen LogP contribution is -2.45. The number of amides is 1. The zero-order chi connectivity index (χ0) is 22.3. The number of esters is 1. The van der Waals surface area contributed by atoms with Crippen molar-refractivity contribution in [2.75, 3.05) is 19.0 Å². The van der Waals surface area contributed by atoms with Crippen LogP contribution < -0.4 is 14.8 Å². The van der Waals surface area contributed by atoms with E-state index in [0.717, 1.165) is 0 Å². The average Bonchev–Trinajstić information content (AvgIpc) is 2.72. The first-order valence-electron chi connectivity index (χ1n) is 9.01. The van der Waals surface area contributed by atoms with Crippen molar-refractivity contribution < 1.29 is 27.5 Å². The SMILES string of the molecule is COc1ccc(S(=O)(=O)N[C@H](C(=O)OCC(=O)Nc2ccccc2Cl)C(C)C)cc1. The summed E-state index contributed by atoms with van der Waals surface area (Å²) in [6, 6.07) is 11.1. The molecular weight excluding hydrogens is 432 g/mol. The first kappa shape index (κ1) is 23.7. The first-order valence-corrected chi connectivity index (χ1v) is 10.9. The molecule has 30 heavy (non-hydrogen) atoms. The normalized spacial score (nSPS) is 12.3. The van der Waals surface area contributed by atoms with Gasteiger partial charge in [0.05, 0.1) is 22.7 Å². The van der Waals surface area contributed by atoms with Gasteiger partial charge >= 0.3 is 5.97 Å². The molecule has 0 spiro atoms. The van der Waals surface area contributed by atoms with Gasteiger partial charge < -0.3 is 14.8 Å². The van der Waals surface area contributed by atoms with E-state index in [9.17, 15) is 18.0 Å². The Labute approximate surface area is 180 Å². The second-order valence-corrected chi connectivity index (χ2v) is 8.78. The highest BCUT2D eigenvalue weighted by Crippen LogP contribution is 2.20. The number of para-hydroxylation sites is 1. The molecule has 0 radical (unpaired) electrons. The lowest BCUT2D eigenvalue weighted by molar-refractivity contribution is -0.150. The molecule has 0 saturated carbocycles. The molecule has 0 aliphatic carbocycles. The lowest BCUT2D eigenvalue weighted by atomic mass is 10.1. The van der Waals surface area contributed by atoms with Crippen LogP contribution in [0.2, 0.25) is 5.02 Å². The number of halogens is 1. The molecule has 1 amide bonds. The van der Waals surface area contributed by atoms with E-state index in [-0.39, 0.29) is 4.90 Å². The number of hydrogen-bond acceptors (Lipinski definition) is 6. The summed E-state index contributed by atoms with van der Waals surface area (Å²) in [5, 5.41) is 2.86. The highest BCUT2D eigenvalue weighted by atomic mass is 35.5. The summed E-state index contributed by atoms with van der Waals surface area (Å²) in [7, 11) is -2.52. The number of carbonyl (C=O) groups is 2.